The van der Waals surface area contributed by atoms with Gasteiger partial charge in [-0.3, -0.25) is 4.98 Å². The van der Waals surface area contributed by atoms with E-state index in [1.54, 1.807) is 19.5 Å². The van der Waals surface area contributed by atoms with Gasteiger partial charge in [-0.2, -0.15) is 0 Å². The molecule has 0 radical (unpaired) electrons. The summed E-state index contributed by atoms with van der Waals surface area (Å²) in [7, 11) is 8.20. The molecule has 0 saturated heterocycles. The Bertz CT molecular complexity index is 199. The van der Waals surface area contributed by atoms with Gasteiger partial charge in [-0.15, -0.1) is 0 Å². The molecule has 0 fully saturated rings. The fourth-order valence-corrected chi connectivity index (χ4v) is 1.07. The molecular formula is C6H6ClNOS. The minimum absolute atomic E-state index is 0.727. The fourth-order valence-electron chi connectivity index (χ4n) is 0.553. The summed E-state index contributed by atoms with van der Waals surface area (Å²) in [5, 5.41) is 0. The van der Waals surface area contributed by atoms with E-state index >= 15 is 0 Å². The third-order valence-electron chi connectivity index (χ3n) is 1.01. The van der Waals surface area contributed by atoms with Crippen LogP contribution in [0, 0.1) is 0 Å². The van der Waals surface area contributed by atoms with Gasteiger partial charge in [-0.25, -0.2) is 0 Å². The molecule has 10 heavy (non-hydrogen) atoms. The first-order valence-electron chi connectivity index (χ1n) is 2.64. The SMILES string of the molecule is COc1cncc(SCl)c1. The topological polar surface area (TPSA) is 22.1 Å². The Hall–Kier alpha value is -0.410. The Kier molecular flexibility index (Phi) is 2.83. The van der Waals surface area contributed by atoms with Crippen molar-refractivity contribution in [3.8, 4) is 5.75 Å². The number of pyridine rings is 1. The average molecular weight is 176 g/mol. The third kappa shape index (κ3) is 1.78. The van der Waals surface area contributed by atoms with Gasteiger partial charge in [0.15, 0.2) is 0 Å². The maximum atomic E-state index is 5.48. The smallest absolute Gasteiger partial charge is 0.138 e. The number of hydrogen-bond donors (Lipinski definition) is 0. The van der Waals surface area contributed by atoms with Crippen LogP contribution in [-0.4, -0.2) is 12.1 Å². The molecule has 4 heteroatoms. The van der Waals surface area contributed by atoms with Crippen molar-refractivity contribution in [2.24, 2.45) is 0 Å². The van der Waals surface area contributed by atoms with Gasteiger partial charge in [0, 0.05) is 11.1 Å². The molecule has 54 valence electrons. The molecule has 0 atom stereocenters. The van der Waals surface area contributed by atoms with Crippen molar-refractivity contribution in [2.75, 3.05) is 7.11 Å². The number of hydrogen-bond acceptors (Lipinski definition) is 3. The molecule has 2 nitrogen and oxygen atoms in total. The molecule has 1 heterocycles. The van der Waals surface area contributed by atoms with Gasteiger partial charge >= 0.3 is 0 Å². The Morgan fingerprint density at radius 3 is 3.00 bits per heavy atom. The van der Waals surface area contributed by atoms with Crippen LogP contribution < -0.4 is 4.74 Å². The van der Waals surface area contributed by atoms with Crippen LogP contribution in [0.3, 0.4) is 0 Å². The first-order valence-corrected chi connectivity index (χ1v) is 4.28. The van der Waals surface area contributed by atoms with E-state index in [0.29, 0.717) is 0 Å². The molecule has 0 aliphatic carbocycles. The van der Waals surface area contributed by atoms with Crippen LogP contribution in [0.5, 0.6) is 5.75 Å². The lowest BCUT2D eigenvalue weighted by molar-refractivity contribution is 0.411. The standard InChI is InChI=1S/C6H6ClNOS/c1-9-5-2-6(10-7)4-8-3-5/h2-4H,1H3. The highest BCUT2D eigenvalue weighted by Gasteiger charge is 1.93. The lowest BCUT2D eigenvalue weighted by Gasteiger charge is -1.98. The monoisotopic (exact) mass is 175 g/mol. The van der Waals surface area contributed by atoms with Crippen LogP contribution in [-0.2, 0) is 0 Å². The minimum Gasteiger partial charge on any atom is -0.495 e. The van der Waals surface area contributed by atoms with Crippen molar-refractivity contribution in [3.63, 3.8) is 0 Å². The highest BCUT2D eigenvalue weighted by atomic mass is 35.7. The Morgan fingerprint density at radius 2 is 2.40 bits per heavy atom. The Labute approximate surface area is 68.1 Å². The summed E-state index contributed by atoms with van der Waals surface area (Å²) in [6.45, 7) is 0. The van der Waals surface area contributed by atoms with Gasteiger partial charge in [0.05, 0.1) is 13.3 Å². The molecular weight excluding hydrogens is 170 g/mol. The number of nitrogens with zero attached hydrogens (tertiary/aromatic N) is 1. The maximum absolute atomic E-state index is 5.48. The highest BCUT2D eigenvalue weighted by Crippen LogP contribution is 2.23. The largest absolute Gasteiger partial charge is 0.495 e. The lowest BCUT2D eigenvalue weighted by Crippen LogP contribution is -1.83. The number of methoxy groups -OCH3 is 1. The van der Waals surface area contributed by atoms with E-state index in [1.165, 1.54) is 0 Å². The summed E-state index contributed by atoms with van der Waals surface area (Å²) in [4.78, 5) is 4.79. The molecule has 1 rings (SSSR count). The van der Waals surface area contributed by atoms with Gasteiger partial charge < -0.3 is 4.74 Å². The maximum Gasteiger partial charge on any atom is 0.138 e. The molecule has 0 bridgehead atoms. The van der Waals surface area contributed by atoms with E-state index in [1.807, 2.05) is 6.07 Å². The molecule has 0 saturated carbocycles. The lowest BCUT2D eigenvalue weighted by atomic mass is 10.5. The van der Waals surface area contributed by atoms with Crippen LogP contribution >= 0.6 is 21.7 Å². The van der Waals surface area contributed by atoms with Crippen molar-refractivity contribution < 1.29 is 4.74 Å². The van der Waals surface area contributed by atoms with E-state index in [4.69, 9.17) is 15.4 Å². The Balaban J connectivity index is 2.87. The zero-order valence-corrected chi connectivity index (χ0v) is 6.95. The molecule has 0 aromatic carbocycles. The van der Waals surface area contributed by atoms with Crippen molar-refractivity contribution in [2.45, 2.75) is 4.90 Å². The summed E-state index contributed by atoms with van der Waals surface area (Å²) < 4.78 is 4.92. The summed E-state index contributed by atoms with van der Waals surface area (Å²) in [6, 6.07) is 1.82. The number of rotatable bonds is 2. The van der Waals surface area contributed by atoms with Crippen molar-refractivity contribution in [3.05, 3.63) is 18.5 Å². The zero-order valence-electron chi connectivity index (χ0n) is 5.37. The molecule has 0 unspecified atom stereocenters. The van der Waals surface area contributed by atoms with E-state index in [9.17, 15) is 0 Å². The number of aromatic nitrogens is 1. The zero-order chi connectivity index (χ0) is 7.40. The quantitative estimate of drug-likeness (QED) is 0.689. The molecule has 0 aliphatic rings. The first-order chi connectivity index (χ1) is 4.86. The predicted octanol–water partition coefficient (Wildman–Crippen LogP) is 2.34. The van der Waals surface area contributed by atoms with Gasteiger partial charge in [-0.1, -0.05) is 0 Å². The second kappa shape index (κ2) is 3.68. The van der Waals surface area contributed by atoms with Crippen LogP contribution in [0.25, 0.3) is 0 Å². The van der Waals surface area contributed by atoms with E-state index < -0.39 is 0 Å². The minimum atomic E-state index is 0.727. The van der Waals surface area contributed by atoms with Crippen molar-refractivity contribution in [1.82, 2.24) is 4.98 Å². The Morgan fingerprint density at radius 1 is 1.60 bits per heavy atom. The number of ether oxygens (including phenoxy) is 1. The van der Waals surface area contributed by atoms with Gasteiger partial charge in [0.2, 0.25) is 0 Å². The van der Waals surface area contributed by atoms with Gasteiger partial charge in [0.25, 0.3) is 0 Å². The summed E-state index contributed by atoms with van der Waals surface area (Å²) >= 11 is 0. The fraction of sp³-hybridized carbons (Fsp3) is 0.167. The molecule has 0 aliphatic heterocycles. The second-order valence-corrected chi connectivity index (χ2v) is 2.73. The van der Waals surface area contributed by atoms with Crippen molar-refractivity contribution >= 4 is 21.7 Å². The third-order valence-corrected chi connectivity index (χ3v) is 1.95. The van der Waals surface area contributed by atoms with E-state index in [-0.39, 0.29) is 0 Å². The predicted molar refractivity (Wildman–Crippen MR) is 42.5 cm³/mol. The van der Waals surface area contributed by atoms with Gasteiger partial charge in [0.1, 0.15) is 5.75 Å². The second-order valence-electron chi connectivity index (χ2n) is 1.64. The summed E-state index contributed by atoms with van der Waals surface area (Å²) in [6.07, 6.45) is 3.32. The molecule has 0 amide bonds. The molecule has 0 spiro atoms. The summed E-state index contributed by atoms with van der Waals surface area (Å²) in [5.41, 5.74) is 0. The molecule has 0 N–H and O–H groups in total. The highest BCUT2D eigenvalue weighted by molar-refractivity contribution is 8.21. The van der Waals surface area contributed by atoms with Gasteiger partial charge in [-0.05, 0) is 27.7 Å². The van der Waals surface area contributed by atoms with Crippen LogP contribution in [0.4, 0.5) is 0 Å². The van der Waals surface area contributed by atoms with Crippen molar-refractivity contribution in [1.29, 1.82) is 0 Å². The summed E-state index contributed by atoms with van der Waals surface area (Å²) in [5.74, 6) is 0.727. The average Bonchev–Trinajstić information content (AvgIpc) is 2.05. The van der Waals surface area contributed by atoms with Crippen LogP contribution in [0.15, 0.2) is 23.4 Å². The van der Waals surface area contributed by atoms with Crippen LogP contribution in [0.2, 0.25) is 0 Å². The first kappa shape index (κ1) is 7.69. The normalized spacial score (nSPS) is 9.40. The molecule has 1 aromatic heterocycles. The van der Waals surface area contributed by atoms with Crippen LogP contribution in [0.1, 0.15) is 0 Å². The van der Waals surface area contributed by atoms with E-state index in [0.717, 1.165) is 21.6 Å². The molecule has 1 aromatic rings. The number of halogens is 1. The van der Waals surface area contributed by atoms with E-state index in [2.05, 4.69) is 4.98 Å².